The summed E-state index contributed by atoms with van der Waals surface area (Å²) in [5.74, 6) is 1.74. The third kappa shape index (κ3) is 7.75. The Kier molecular flexibility index (Phi) is 10.7. The number of aromatic nitrogens is 3. The van der Waals surface area contributed by atoms with Gasteiger partial charge in [-0.25, -0.2) is 0 Å². The predicted molar refractivity (Wildman–Crippen MR) is 128 cm³/mol. The third-order valence-corrected chi connectivity index (χ3v) is 4.99. The molecule has 1 aliphatic carbocycles. The summed E-state index contributed by atoms with van der Waals surface area (Å²) in [6.45, 7) is 5.63. The van der Waals surface area contributed by atoms with Crippen molar-refractivity contribution in [2.75, 3.05) is 19.7 Å². The van der Waals surface area contributed by atoms with E-state index in [4.69, 9.17) is 9.26 Å². The summed E-state index contributed by atoms with van der Waals surface area (Å²) in [6.07, 6.45) is 5.79. The van der Waals surface area contributed by atoms with Crippen LogP contribution in [0.2, 0.25) is 0 Å². The molecule has 170 valence electrons. The van der Waals surface area contributed by atoms with Gasteiger partial charge in [0.15, 0.2) is 11.8 Å². The number of hydrogen-bond acceptors (Lipinski definition) is 7. The van der Waals surface area contributed by atoms with E-state index >= 15 is 0 Å². The number of rotatable bonds is 8. The van der Waals surface area contributed by atoms with Gasteiger partial charge >= 0.3 is 5.97 Å². The maximum Gasteiger partial charge on any atom is 0.308 e. The molecule has 2 heterocycles. The summed E-state index contributed by atoms with van der Waals surface area (Å²) in [5.41, 5.74) is 0.660. The van der Waals surface area contributed by atoms with Gasteiger partial charge in [-0.15, -0.1) is 24.0 Å². The highest BCUT2D eigenvalue weighted by molar-refractivity contribution is 14.0. The molecule has 0 saturated heterocycles. The van der Waals surface area contributed by atoms with Gasteiger partial charge in [-0.3, -0.25) is 14.8 Å². The summed E-state index contributed by atoms with van der Waals surface area (Å²) >= 11 is 0. The summed E-state index contributed by atoms with van der Waals surface area (Å²) in [7, 11) is 0. The molecule has 0 atom stereocenters. The van der Waals surface area contributed by atoms with E-state index in [9.17, 15) is 4.79 Å². The Balaban J connectivity index is 0.00000341. The predicted octanol–water partition coefficient (Wildman–Crippen LogP) is 2.97. The molecule has 0 aromatic carbocycles. The minimum atomic E-state index is -0.0679. The van der Waals surface area contributed by atoms with Crippen molar-refractivity contribution in [1.82, 2.24) is 25.8 Å². The first kappa shape index (κ1) is 25.0. The SMILES string of the molecule is CCNC(=NCCc1noc(-c2ccccn2)n1)NC1CCC(C(=O)OCC)CC1.I. The number of aliphatic imine (C=N–C) groups is 1. The Morgan fingerprint density at radius 3 is 2.74 bits per heavy atom. The van der Waals surface area contributed by atoms with Gasteiger partial charge in [0.05, 0.1) is 12.5 Å². The molecule has 9 nitrogen and oxygen atoms in total. The Hall–Kier alpha value is -2.24. The quantitative estimate of drug-likeness (QED) is 0.227. The van der Waals surface area contributed by atoms with Crippen LogP contribution in [0.3, 0.4) is 0 Å². The molecular formula is C21H31IN6O3. The van der Waals surface area contributed by atoms with Gasteiger partial charge in [0.2, 0.25) is 0 Å². The molecule has 31 heavy (non-hydrogen) atoms. The smallest absolute Gasteiger partial charge is 0.308 e. The van der Waals surface area contributed by atoms with Gasteiger partial charge < -0.3 is 19.9 Å². The highest BCUT2D eigenvalue weighted by Crippen LogP contribution is 2.25. The molecule has 1 aliphatic rings. The zero-order valence-electron chi connectivity index (χ0n) is 18.0. The minimum absolute atomic E-state index is 0. The van der Waals surface area contributed by atoms with Gasteiger partial charge in [-0.2, -0.15) is 4.98 Å². The summed E-state index contributed by atoms with van der Waals surface area (Å²) < 4.78 is 10.4. The molecule has 0 bridgehead atoms. The Bertz CT molecular complexity index is 822. The number of halogens is 1. The van der Waals surface area contributed by atoms with Crippen molar-refractivity contribution in [3.8, 4) is 11.6 Å². The zero-order chi connectivity index (χ0) is 21.2. The molecule has 1 fully saturated rings. The molecule has 2 N–H and O–H groups in total. The van der Waals surface area contributed by atoms with Crippen LogP contribution >= 0.6 is 24.0 Å². The number of pyridine rings is 1. The number of nitrogens with zero attached hydrogens (tertiary/aromatic N) is 4. The van der Waals surface area contributed by atoms with Crippen LogP contribution in [0.1, 0.15) is 45.4 Å². The molecule has 0 radical (unpaired) electrons. The van der Waals surface area contributed by atoms with Crippen molar-refractivity contribution in [1.29, 1.82) is 0 Å². The number of carbonyl (C=O) groups excluding carboxylic acids is 1. The molecule has 3 rings (SSSR count). The van der Waals surface area contributed by atoms with E-state index in [1.807, 2.05) is 32.0 Å². The lowest BCUT2D eigenvalue weighted by atomic mass is 9.86. The molecule has 2 aromatic rings. The number of guanidine groups is 1. The summed E-state index contributed by atoms with van der Waals surface area (Å²) in [4.78, 5) is 25.1. The van der Waals surface area contributed by atoms with Crippen LogP contribution in [-0.4, -0.2) is 52.8 Å². The molecule has 10 heteroatoms. The van der Waals surface area contributed by atoms with Crippen LogP contribution in [0.25, 0.3) is 11.6 Å². The maximum atomic E-state index is 11.9. The fraction of sp³-hybridized carbons (Fsp3) is 0.571. The van der Waals surface area contributed by atoms with E-state index in [0.717, 1.165) is 38.2 Å². The molecule has 1 saturated carbocycles. The Morgan fingerprint density at radius 2 is 2.06 bits per heavy atom. The van der Waals surface area contributed by atoms with E-state index in [0.29, 0.717) is 43.0 Å². The number of hydrogen-bond donors (Lipinski definition) is 2. The van der Waals surface area contributed by atoms with Gasteiger partial charge in [0.25, 0.3) is 5.89 Å². The van der Waals surface area contributed by atoms with Gasteiger partial charge in [0, 0.05) is 31.7 Å². The van der Waals surface area contributed by atoms with Crippen LogP contribution in [-0.2, 0) is 16.0 Å². The lowest BCUT2D eigenvalue weighted by Gasteiger charge is -2.29. The molecular weight excluding hydrogens is 511 g/mol. The highest BCUT2D eigenvalue weighted by Gasteiger charge is 2.27. The number of nitrogens with one attached hydrogen (secondary N) is 2. The molecule has 0 aliphatic heterocycles. The largest absolute Gasteiger partial charge is 0.466 e. The van der Waals surface area contributed by atoms with E-state index in [1.165, 1.54) is 0 Å². The second-order valence-electron chi connectivity index (χ2n) is 7.19. The standard InChI is InChI=1S/C21H30N6O3.HI/c1-3-22-21(25-16-10-8-15(9-11-16)20(28)29-4-2)24-14-12-18-26-19(30-27-18)17-7-5-6-13-23-17;/h5-7,13,15-16H,3-4,8-12,14H2,1-2H3,(H2,22,24,25);1H. The van der Waals surface area contributed by atoms with Crippen molar-refractivity contribution < 1.29 is 14.1 Å². The maximum absolute atomic E-state index is 11.9. The zero-order valence-corrected chi connectivity index (χ0v) is 20.4. The normalized spacial score (nSPS) is 18.7. The Morgan fingerprint density at radius 1 is 1.26 bits per heavy atom. The van der Waals surface area contributed by atoms with E-state index in [2.05, 4.69) is 30.8 Å². The van der Waals surface area contributed by atoms with E-state index in [1.54, 1.807) is 6.20 Å². The molecule has 0 spiro atoms. The topological polar surface area (TPSA) is 115 Å². The van der Waals surface area contributed by atoms with E-state index < -0.39 is 0 Å². The van der Waals surface area contributed by atoms with Crippen LogP contribution in [0.15, 0.2) is 33.9 Å². The fourth-order valence-electron chi connectivity index (χ4n) is 3.46. The molecule has 0 amide bonds. The van der Waals surface area contributed by atoms with Crippen LogP contribution in [0.4, 0.5) is 0 Å². The monoisotopic (exact) mass is 542 g/mol. The first-order valence-electron chi connectivity index (χ1n) is 10.6. The molecule has 2 aromatic heterocycles. The van der Waals surface area contributed by atoms with Crippen LogP contribution in [0, 0.1) is 5.92 Å². The highest BCUT2D eigenvalue weighted by atomic mass is 127. The second kappa shape index (κ2) is 13.2. The van der Waals surface area contributed by atoms with Crippen molar-refractivity contribution in [3.63, 3.8) is 0 Å². The van der Waals surface area contributed by atoms with Gasteiger partial charge in [-0.1, -0.05) is 11.2 Å². The summed E-state index contributed by atoms with van der Waals surface area (Å²) in [5, 5.41) is 10.8. The van der Waals surface area contributed by atoms with Gasteiger partial charge in [-0.05, 0) is 51.7 Å². The van der Waals surface area contributed by atoms with Crippen molar-refractivity contribution >= 4 is 35.9 Å². The average Bonchev–Trinajstić information content (AvgIpc) is 3.24. The van der Waals surface area contributed by atoms with Crippen LogP contribution in [0.5, 0.6) is 0 Å². The van der Waals surface area contributed by atoms with Crippen molar-refractivity contribution in [2.24, 2.45) is 10.9 Å². The van der Waals surface area contributed by atoms with Crippen molar-refractivity contribution in [2.45, 2.75) is 52.0 Å². The Labute approximate surface area is 199 Å². The average molecular weight is 542 g/mol. The first-order chi connectivity index (χ1) is 14.7. The van der Waals surface area contributed by atoms with E-state index in [-0.39, 0.29) is 35.9 Å². The number of ether oxygens (including phenoxy) is 1. The lowest BCUT2D eigenvalue weighted by Crippen LogP contribution is -2.45. The number of carbonyl (C=O) groups is 1. The van der Waals surface area contributed by atoms with Crippen LogP contribution < -0.4 is 10.6 Å². The third-order valence-electron chi connectivity index (χ3n) is 4.99. The molecule has 0 unspecified atom stereocenters. The summed E-state index contributed by atoms with van der Waals surface area (Å²) in [6, 6.07) is 5.85. The lowest BCUT2D eigenvalue weighted by molar-refractivity contribution is -0.149. The minimum Gasteiger partial charge on any atom is -0.466 e. The first-order valence-corrected chi connectivity index (χ1v) is 10.6. The van der Waals surface area contributed by atoms with Crippen molar-refractivity contribution in [3.05, 3.63) is 30.2 Å². The number of esters is 1. The second-order valence-corrected chi connectivity index (χ2v) is 7.19. The fourth-order valence-corrected chi connectivity index (χ4v) is 3.46. The van der Waals surface area contributed by atoms with Gasteiger partial charge in [0.1, 0.15) is 5.69 Å².